The maximum Gasteiger partial charge on any atom is 0.137 e. The fraction of sp³-hybridized carbons (Fsp3) is 0.700. The summed E-state index contributed by atoms with van der Waals surface area (Å²) in [6.45, 7) is 0.707. The Morgan fingerprint density at radius 3 is 3.14 bits per heavy atom. The lowest BCUT2D eigenvalue weighted by molar-refractivity contribution is -0.123. The van der Waals surface area contributed by atoms with Crippen molar-refractivity contribution in [3.8, 4) is 0 Å². The highest BCUT2D eigenvalue weighted by Gasteiger charge is 2.21. The van der Waals surface area contributed by atoms with E-state index in [-0.39, 0.29) is 5.92 Å². The number of rotatable bonds is 2. The summed E-state index contributed by atoms with van der Waals surface area (Å²) < 4.78 is 1.76. The Kier molecular flexibility index (Phi) is 2.91. The Morgan fingerprint density at radius 2 is 2.36 bits per heavy atom. The van der Waals surface area contributed by atoms with Crippen LogP contribution in [0, 0.1) is 5.92 Å². The summed E-state index contributed by atoms with van der Waals surface area (Å²) in [5, 5.41) is 4.03. The van der Waals surface area contributed by atoms with Crippen LogP contribution in [0.2, 0.25) is 0 Å². The first-order chi connectivity index (χ1) is 6.86. The molecule has 0 saturated heterocycles. The lowest BCUT2D eigenvalue weighted by Gasteiger charge is -2.11. The lowest BCUT2D eigenvalue weighted by atomic mass is 9.99. The van der Waals surface area contributed by atoms with Crippen molar-refractivity contribution in [2.24, 2.45) is 5.92 Å². The summed E-state index contributed by atoms with van der Waals surface area (Å²) in [6.07, 6.45) is 8.38. The average molecular weight is 193 g/mol. The molecule has 14 heavy (non-hydrogen) atoms. The van der Waals surface area contributed by atoms with Gasteiger partial charge in [-0.2, -0.15) is 5.10 Å². The second-order valence-electron chi connectivity index (χ2n) is 3.88. The Labute approximate surface area is 83.3 Å². The molecule has 76 valence electrons. The van der Waals surface area contributed by atoms with Gasteiger partial charge in [0, 0.05) is 12.3 Å². The first kappa shape index (κ1) is 9.37. The van der Waals surface area contributed by atoms with E-state index in [2.05, 4.69) is 10.1 Å². The summed E-state index contributed by atoms with van der Waals surface area (Å²) in [6, 6.07) is 0. The predicted molar refractivity (Wildman–Crippen MR) is 51.6 cm³/mol. The van der Waals surface area contributed by atoms with Crippen LogP contribution in [0.3, 0.4) is 0 Å². The third-order valence-corrected chi connectivity index (χ3v) is 2.81. The smallest absolute Gasteiger partial charge is 0.137 e. The van der Waals surface area contributed by atoms with Crippen molar-refractivity contribution in [1.29, 1.82) is 0 Å². The van der Waals surface area contributed by atoms with Gasteiger partial charge in [0.1, 0.15) is 18.4 Å². The summed E-state index contributed by atoms with van der Waals surface area (Å²) >= 11 is 0. The van der Waals surface area contributed by atoms with Gasteiger partial charge >= 0.3 is 0 Å². The highest BCUT2D eigenvalue weighted by molar-refractivity contribution is 5.81. The number of carbonyl (C=O) groups is 1. The maximum atomic E-state index is 11.7. The molecule has 2 rings (SSSR count). The molecule has 0 bridgehead atoms. The molecule has 0 radical (unpaired) electrons. The molecular weight excluding hydrogens is 178 g/mol. The summed E-state index contributed by atoms with van der Waals surface area (Å²) in [5.74, 6) is 0.567. The van der Waals surface area contributed by atoms with Crippen LogP contribution in [0.15, 0.2) is 12.7 Å². The minimum Gasteiger partial charge on any atom is -0.299 e. The molecule has 1 heterocycles. The van der Waals surface area contributed by atoms with Crippen LogP contribution in [0.25, 0.3) is 0 Å². The van der Waals surface area contributed by atoms with Crippen molar-refractivity contribution in [2.45, 2.75) is 38.6 Å². The molecule has 0 aliphatic heterocycles. The van der Waals surface area contributed by atoms with Crippen LogP contribution in [-0.4, -0.2) is 20.5 Å². The molecule has 1 aliphatic rings. The first-order valence-electron chi connectivity index (χ1n) is 5.21. The summed E-state index contributed by atoms with van der Waals surface area (Å²) in [4.78, 5) is 15.6. The monoisotopic (exact) mass is 193 g/mol. The third kappa shape index (κ3) is 2.19. The van der Waals surface area contributed by atoms with Crippen LogP contribution >= 0.6 is 0 Å². The Balaban J connectivity index is 1.98. The lowest BCUT2D eigenvalue weighted by Crippen LogP contribution is -2.19. The van der Waals surface area contributed by atoms with Crippen LogP contribution < -0.4 is 0 Å². The van der Waals surface area contributed by atoms with E-state index in [1.165, 1.54) is 19.2 Å². The zero-order valence-electron chi connectivity index (χ0n) is 8.22. The van der Waals surface area contributed by atoms with Crippen molar-refractivity contribution < 1.29 is 4.79 Å². The van der Waals surface area contributed by atoms with E-state index in [4.69, 9.17) is 0 Å². The van der Waals surface area contributed by atoms with Crippen LogP contribution in [0.1, 0.15) is 32.1 Å². The largest absolute Gasteiger partial charge is 0.299 e. The minimum atomic E-state index is 0.166. The molecule has 0 aromatic carbocycles. The van der Waals surface area contributed by atoms with Crippen LogP contribution in [0.5, 0.6) is 0 Å². The van der Waals surface area contributed by atoms with Gasteiger partial charge in [0.15, 0.2) is 0 Å². The standard InChI is InChI=1S/C10H15N3O/c14-10-5-3-1-2-4-9(10)6-13-8-11-7-12-13/h7-9H,1-6H2. The Hall–Kier alpha value is -1.19. The highest BCUT2D eigenvalue weighted by atomic mass is 16.1. The van der Waals surface area contributed by atoms with E-state index in [0.717, 1.165) is 19.3 Å². The van der Waals surface area contributed by atoms with Gasteiger partial charge in [0.05, 0.1) is 6.54 Å². The van der Waals surface area contributed by atoms with E-state index < -0.39 is 0 Å². The molecule has 1 fully saturated rings. The summed E-state index contributed by atoms with van der Waals surface area (Å²) in [7, 11) is 0. The van der Waals surface area contributed by atoms with Gasteiger partial charge in [-0.05, 0) is 12.8 Å². The molecule has 4 nitrogen and oxygen atoms in total. The number of aromatic nitrogens is 3. The fourth-order valence-electron chi connectivity index (χ4n) is 1.98. The molecule has 4 heteroatoms. The normalized spacial score (nSPS) is 23.4. The van der Waals surface area contributed by atoms with Gasteiger partial charge in [-0.3, -0.25) is 9.48 Å². The number of ketones is 1. The number of Topliss-reactive ketones (excluding diaryl/α,β-unsaturated/α-hetero) is 1. The second-order valence-corrected chi connectivity index (χ2v) is 3.88. The molecule has 0 amide bonds. The Bertz CT molecular complexity index is 294. The SMILES string of the molecule is O=C1CCCCCC1Cn1cncn1. The first-order valence-corrected chi connectivity index (χ1v) is 5.21. The quantitative estimate of drug-likeness (QED) is 0.667. The zero-order chi connectivity index (χ0) is 9.80. The third-order valence-electron chi connectivity index (χ3n) is 2.81. The molecule has 1 aliphatic carbocycles. The van der Waals surface area contributed by atoms with Gasteiger partial charge in [-0.1, -0.05) is 12.8 Å². The summed E-state index contributed by atoms with van der Waals surface area (Å²) in [5.41, 5.74) is 0. The topological polar surface area (TPSA) is 47.8 Å². The van der Waals surface area contributed by atoms with E-state index in [1.54, 1.807) is 11.0 Å². The molecule has 1 aromatic rings. The van der Waals surface area contributed by atoms with E-state index in [1.807, 2.05) is 0 Å². The second kappa shape index (κ2) is 4.35. The number of hydrogen-bond donors (Lipinski definition) is 0. The number of carbonyl (C=O) groups excluding carboxylic acids is 1. The molecular formula is C10H15N3O. The number of hydrogen-bond acceptors (Lipinski definition) is 3. The predicted octanol–water partition coefficient (Wildman–Crippen LogP) is 1.43. The van der Waals surface area contributed by atoms with Crippen molar-refractivity contribution in [1.82, 2.24) is 14.8 Å². The van der Waals surface area contributed by atoms with Gasteiger partial charge < -0.3 is 0 Å². The molecule has 1 aromatic heterocycles. The highest BCUT2D eigenvalue weighted by Crippen LogP contribution is 2.20. The molecule has 1 atom stereocenters. The molecule has 0 N–H and O–H groups in total. The van der Waals surface area contributed by atoms with Crippen molar-refractivity contribution in [3.63, 3.8) is 0 Å². The van der Waals surface area contributed by atoms with Crippen LogP contribution in [-0.2, 0) is 11.3 Å². The van der Waals surface area contributed by atoms with Crippen molar-refractivity contribution in [2.75, 3.05) is 0 Å². The van der Waals surface area contributed by atoms with Crippen LogP contribution in [0.4, 0.5) is 0 Å². The van der Waals surface area contributed by atoms with E-state index >= 15 is 0 Å². The fourth-order valence-corrected chi connectivity index (χ4v) is 1.98. The Morgan fingerprint density at radius 1 is 1.43 bits per heavy atom. The zero-order valence-corrected chi connectivity index (χ0v) is 8.22. The minimum absolute atomic E-state index is 0.166. The average Bonchev–Trinajstić information content (AvgIpc) is 2.60. The maximum absolute atomic E-state index is 11.7. The van der Waals surface area contributed by atoms with Gasteiger partial charge in [-0.25, -0.2) is 4.98 Å². The van der Waals surface area contributed by atoms with Gasteiger partial charge in [0.25, 0.3) is 0 Å². The van der Waals surface area contributed by atoms with Gasteiger partial charge in [-0.15, -0.1) is 0 Å². The van der Waals surface area contributed by atoms with Crippen molar-refractivity contribution in [3.05, 3.63) is 12.7 Å². The number of nitrogens with zero attached hydrogens (tertiary/aromatic N) is 3. The van der Waals surface area contributed by atoms with E-state index in [9.17, 15) is 4.79 Å². The van der Waals surface area contributed by atoms with E-state index in [0.29, 0.717) is 12.3 Å². The van der Waals surface area contributed by atoms with Crippen molar-refractivity contribution >= 4 is 5.78 Å². The molecule has 1 unspecified atom stereocenters. The molecule has 1 saturated carbocycles. The molecule has 0 spiro atoms. The van der Waals surface area contributed by atoms with Gasteiger partial charge in [0.2, 0.25) is 0 Å².